The topological polar surface area (TPSA) is 69.0 Å². The third-order valence-corrected chi connectivity index (χ3v) is 5.21. The Balaban J connectivity index is 1.29. The highest BCUT2D eigenvalue weighted by Crippen LogP contribution is 2.27. The van der Waals surface area contributed by atoms with Gasteiger partial charge in [-0.2, -0.15) is 0 Å². The van der Waals surface area contributed by atoms with Gasteiger partial charge in [0.25, 0.3) is 0 Å². The van der Waals surface area contributed by atoms with Crippen molar-refractivity contribution in [3.63, 3.8) is 0 Å². The molecule has 2 N–H and O–H groups in total. The summed E-state index contributed by atoms with van der Waals surface area (Å²) in [5.41, 5.74) is 1.68. The van der Waals surface area contributed by atoms with E-state index in [9.17, 15) is 9.90 Å². The molecule has 0 saturated carbocycles. The third kappa shape index (κ3) is 3.97. The number of para-hydroxylation sites is 3. The summed E-state index contributed by atoms with van der Waals surface area (Å²) in [6, 6.07) is 17.0. The first-order valence-corrected chi connectivity index (χ1v) is 9.63. The number of carbonyl (C=O) groups is 1. The number of benzene rings is 2. The van der Waals surface area contributed by atoms with Crippen LogP contribution in [-0.4, -0.2) is 48.6 Å². The van der Waals surface area contributed by atoms with Crippen LogP contribution in [0.1, 0.15) is 18.7 Å². The van der Waals surface area contributed by atoms with Gasteiger partial charge in [-0.25, -0.2) is 0 Å². The van der Waals surface area contributed by atoms with E-state index in [-0.39, 0.29) is 11.9 Å². The molecule has 1 aromatic heterocycles. The van der Waals surface area contributed by atoms with E-state index in [2.05, 4.69) is 15.1 Å². The second-order valence-electron chi connectivity index (χ2n) is 7.23. The van der Waals surface area contributed by atoms with Crippen molar-refractivity contribution in [1.82, 2.24) is 10.2 Å². The fourth-order valence-corrected chi connectivity index (χ4v) is 3.66. The molecule has 6 heteroatoms. The van der Waals surface area contributed by atoms with Crippen LogP contribution in [-0.2, 0) is 4.79 Å². The molecule has 1 amide bonds. The number of aromatic hydroxyl groups is 1. The maximum atomic E-state index is 12.5. The molecule has 1 fully saturated rings. The van der Waals surface area contributed by atoms with E-state index in [0.29, 0.717) is 12.3 Å². The smallest absolute Gasteiger partial charge is 0.234 e. The number of carbonyl (C=O) groups excluding carboxylic acids is 1. The summed E-state index contributed by atoms with van der Waals surface area (Å²) in [6.07, 6.45) is 0. The molecule has 6 nitrogen and oxygen atoms in total. The van der Waals surface area contributed by atoms with E-state index >= 15 is 0 Å². The van der Waals surface area contributed by atoms with Gasteiger partial charge in [0, 0.05) is 31.6 Å². The Kier molecular flexibility index (Phi) is 5.21. The molecule has 1 aliphatic heterocycles. The molecule has 0 radical (unpaired) electrons. The molecule has 0 aliphatic carbocycles. The lowest BCUT2D eigenvalue weighted by atomic mass is 10.2. The molecule has 0 bridgehead atoms. The molecule has 146 valence electrons. The van der Waals surface area contributed by atoms with Crippen LogP contribution >= 0.6 is 0 Å². The van der Waals surface area contributed by atoms with Crippen molar-refractivity contribution in [3.8, 4) is 5.75 Å². The highest BCUT2D eigenvalue weighted by atomic mass is 16.3. The monoisotopic (exact) mass is 379 g/mol. The van der Waals surface area contributed by atoms with E-state index in [1.54, 1.807) is 6.07 Å². The number of nitrogens with one attached hydrogen (secondary N) is 1. The van der Waals surface area contributed by atoms with E-state index in [0.717, 1.165) is 48.6 Å². The van der Waals surface area contributed by atoms with Crippen LogP contribution in [0.2, 0.25) is 0 Å². The van der Waals surface area contributed by atoms with Gasteiger partial charge in [-0.1, -0.05) is 30.3 Å². The Morgan fingerprint density at radius 3 is 2.57 bits per heavy atom. The first kappa shape index (κ1) is 18.4. The van der Waals surface area contributed by atoms with Crippen LogP contribution in [0.3, 0.4) is 0 Å². The lowest BCUT2D eigenvalue weighted by molar-refractivity contribution is -0.123. The molecular formula is C22H25N3O3. The Morgan fingerprint density at radius 2 is 1.82 bits per heavy atom. The highest BCUT2D eigenvalue weighted by molar-refractivity contribution is 5.80. The summed E-state index contributed by atoms with van der Waals surface area (Å²) in [6.45, 7) is 5.42. The van der Waals surface area contributed by atoms with Crippen LogP contribution in [0.4, 0.5) is 5.69 Å². The predicted octanol–water partition coefficient (Wildman–Crippen LogP) is 3.14. The number of rotatable bonds is 5. The van der Waals surface area contributed by atoms with Crippen LogP contribution in [0.15, 0.2) is 59.0 Å². The molecule has 28 heavy (non-hydrogen) atoms. The molecule has 0 unspecified atom stereocenters. The summed E-state index contributed by atoms with van der Waals surface area (Å²) >= 11 is 0. The number of phenolic OH excluding ortho intramolecular Hbond substituents is 1. The minimum Gasteiger partial charge on any atom is -0.506 e. The normalized spacial score (nSPS) is 16.2. The summed E-state index contributed by atoms with van der Waals surface area (Å²) in [5, 5.41) is 14.1. The number of furan rings is 1. The van der Waals surface area contributed by atoms with Crippen molar-refractivity contribution < 1.29 is 14.3 Å². The SMILES string of the molecule is C[C@@H](NC(=O)CN1CCN(c2ccccc2O)CC1)c1cc2ccccc2o1. The average Bonchev–Trinajstić information content (AvgIpc) is 3.13. The zero-order chi connectivity index (χ0) is 19.5. The maximum absolute atomic E-state index is 12.5. The zero-order valence-electron chi connectivity index (χ0n) is 16.0. The molecular weight excluding hydrogens is 354 g/mol. The van der Waals surface area contributed by atoms with Gasteiger partial charge in [0.2, 0.25) is 5.91 Å². The minimum atomic E-state index is -0.178. The first-order valence-electron chi connectivity index (χ1n) is 9.63. The minimum absolute atomic E-state index is 0.0102. The quantitative estimate of drug-likeness (QED) is 0.713. The molecule has 4 rings (SSSR count). The Bertz CT molecular complexity index is 927. The van der Waals surface area contributed by atoms with Crippen LogP contribution in [0.25, 0.3) is 11.0 Å². The number of phenols is 1. The lowest BCUT2D eigenvalue weighted by Crippen LogP contribution is -2.49. The van der Waals surface area contributed by atoms with Gasteiger partial charge in [-0.15, -0.1) is 0 Å². The van der Waals surface area contributed by atoms with Gasteiger partial charge in [0.1, 0.15) is 17.1 Å². The number of nitrogens with zero attached hydrogens (tertiary/aromatic N) is 2. The number of fused-ring (bicyclic) bond motifs is 1. The van der Waals surface area contributed by atoms with Gasteiger partial charge in [0.15, 0.2) is 0 Å². The van der Waals surface area contributed by atoms with Gasteiger partial charge in [-0.05, 0) is 31.2 Å². The van der Waals surface area contributed by atoms with Gasteiger partial charge < -0.3 is 19.7 Å². The molecule has 1 aliphatic rings. The van der Waals surface area contributed by atoms with Crippen molar-refractivity contribution in [3.05, 3.63) is 60.4 Å². The van der Waals surface area contributed by atoms with Crippen LogP contribution < -0.4 is 10.2 Å². The van der Waals surface area contributed by atoms with Crippen molar-refractivity contribution in [1.29, 1.82) is 0 Å². The van der Waals surface area contributed by atoms with E-state index in [1.807, 2.05) is 55.5 Å². The zero-order valence-corrected chi connectivity index (χ0v) is 16.0. The van der Waals surface area contributed by atoms with Gasteiger partial charge in [-0.3, -0.25) is 9.69 Å². The number of piperazine rings is 1. The van der Waals surface area contributed by atoms with Gasteiger partial charge >= 0.3 is 0 Å². The number of hydrogen-bond acceptors (Lipinski definition) is 5. The molecule has 0 spiro atoms. The second-order valence-corrected chi connectivity index (χ2v) is 7.23. The maximum Gasteiger partial charge on any atom is 0.234 e. The van der Waals surface area contributed by atoms with E-state index in [1.165, 1.54) is 0 Å². The molecule has 1 saturated heterocycles. The van der Waals surface area contributed by atoms with Crippen LogP contribution in [0.5, 0.6) is 5.75 Å². The Labute approximate surface area is 164 Å². The summed E-state index contributed by atoms with van der Waals surface area (Å²) in [5.74, 6) is 1.05. The summed E-state index contributed by atoms with van der Waals surface area (Å²) in [7, 11) is 0. The number of amides is 1. The van der Waals surface area contributed by atoms with Crippen molar-refractivity contribution in [2.24, 2.45) is 0 Å². The lowest BCUT2D eigenvalue weighted by Gasteiger charge is -2.36. The average molecular weight is 379 g/mol. The largest absolute Gasteiger partial charge is 0.506 e. The second kappa shape index (κ2) is 7.94. The summed E-state index contributed by atoms with van der Waals surface area (Å²) in [4.78, 5) is 16.8. The van der Waals surface area contributed by atoms with Gasteiger partial charge in [0.05, 0.1) is 18.3 Å². The molecule has 1 atom stereocenters. The standard InChI is InChI=1S/C22H25N3O3/c1-16(21-14-17-6-2-5-9-20(17)28-21)23-22(27)15-24-10-12-25(13-11-24)18-7-3-4-8-19(18)26/h2-9,14,16,26H,10-13,15H2,1H3,(H,23,27)/t16-/m1/s1. The number of hydrogen-bond donors (Lipinski definition) is 2. The predicted molar refractivity (Wildman–Crippen MR) is 110 cm³/mol. The fourth-order valence-electron chi connectivity index (χ4n) is 3.66. The first-order chi connectivity index (χ1) is 13.6. The Hall–Kier alpha value is -2.99. The molecule has 2 aromatic carbocycles. The van der Waals surface area contributed by atoms with E-state index in [4.69, 9.17) is 4.42 Å². The molecule has 3 aromatic rings. The fraction of sp³-hybridized carbons (Fsp3) is 0.318. The third-order valence-electron chi connectivity index (χ3n) is 5.21. The van der Waals surface area contributed by atoms with Crippen molar-refractivity contribution in [2.75, 3.05) is 37.6 Å². The highest BCUT2D eigenvalue weighted by Gasteiger charge is 2.22. The summed E-state index contributed by atoms with van der Waals surface area (Å²) < 4.78 is 5.84. The van der Waals surface area contributed by atoms with Crippen molar-refractivity contribution >= 4 is 22.6 Å². The van der Waals surface area contributed by atoms with E-state index < -0.39 is 0 Å². The van der Waals surface area contributed by atoms with Crippen molar-refractivity contribution in [2.45, 2.75) is 13.0 Å². The van der Waals surface area contributed by atoms with Crippen LogP contribution in [0, 0.1) is 0 Å². The Morgan fingerprint density at radius 1 is 1.11 bits per heavy atom. The number of anilines is 1. The molecule has 2 heterocycles.